The third kappa shape index (κ3) is 1.77. The Hall–Kier alpha value is -1.36. The van der Waals surface area contributed by atoms with Gasteiger partial charge in [-0.2, -0.15) is 0 Å². The van der Waals surface area contributed by atoms with Crippen molar-refractivity contribution in [3.8, 4) is 0 Å². The average molecular weight is 197 g/mol. The SMILES string of the molecule is Nc1ncc(F)cc1N1CCOCC1. The smallest absolute Gasteiger partial charge is 0.147 e. The minimum absolute atomic E-state index is 0.360. The fourth-order valence-electron chi connectivity index (χ4n) is 1.50. The third-order valence-corrected chi connectivity index (χ3v) is 2.22. The van der Waals surface area contributed by atoms with Gasteiger partial charge in [0.25, 0.3) is 0 Å². The number of pyridine rings is 1. The van der Waals surface area contributed by atoms with Gasteiger partial charge in [-0.15, -0.1) is 0 Å². The summed E-state index contributed by atoms with van der Waals surface area (Å²) < 4.78 is 18.1. The normalized spacial score (nSPS) is 17.1. The highest BCUT2D eigenvalue weighted by atomic mass is 19.1. The van der Waals surface area contributed by atoms with Gasteiger partial charge in [0.15, 0.2) is 0 Å². The fraction of sp³-hybridized carbons (Fsp3) is 0.444. The van der Waals surface area contributed by atoms with Crippen molar-refractivity contribution in [2.75, 3.05) is 36.9 Å². The van der Waals surface area contributed by atoms with Crippen molar-refractivity contribution in [1.82, 2.24) is 4.98 Å². The molecule has 0 radical (unpaired) electrons. The number of nitrogens with two attached hydrogens (primary N) is 1. The van der Waals surface area contributed by atoms with E-state index in [9.17, 15) is 4.39 Å². The molecule has 4 nitrogen and oxygen atoms in total. The zero-order valence-electron chi connectivity index (χ0n) is 7.74. The molecule has 0 aromatic carbocycles. The van der Waals surface area contributed by atoms with E-state index in [2.05, 4.69) is 4.98 Å². The Morgan fingerprint density at radius 1 is 1.43 bits per heavy atom. The standard InChI is InChI=1S/C9H12FN3O/c10-7-5-8(9(11)12-6-7)13-1-3-14-4-2-13/h5-6H,1-4H2,(H2,11,12). The van der Waals surface area contributed by atoms with Crippen molar-refractivity contribution in [3.05, 3.63) is 18.1 Å². The summed E-state index contributed by atoms with van der Waals surface area (Å²) >= 11 is 0. The molecule has 0 unspecified atom stereocenters. The van der Waals surface area contributed by atoms with Gasteiger partial charge in [0, 0.05) is 19.2 Å². The molecule has 1 aromatic rings. The first-order valence-electron chi connectivity index (χ1n) is 4.51. The lowest BCUT2D eigenvalue weighted by molar-refractivity contribution is 0.122. The van der Waals surface area contributed by atoms with E-state index in [1.54, 1.807) is 0 Å². The molecule has 2 heterocycles. The molecule has 14 heavy (non-hydrogen) atoms. The van der Waals surface area contributed by atoms with E-state index in [0.717, 1.165) is 19.3 Å². The van der Waals surface area contributed by atoms with Crippen LogP contribution in [-0.4, -0.2) is 31.3 Å². The molecular formula is C9H12FN3O. The van der Waals surface area contributed by atoms with Crippen molar-refractivity contribution in [3.63, 3.8) is 0 Å². The maximum Gasteiger partial charge on any atom is 0.147 e. The summed E-state index contributed by atoms with van der Waals surface area (Å²) in [4.78, 5) is 5.76. The Morgan fingerprint density at radius 2 is 2.14 bits per heavy atom. The van der Waals surface area contributed by atoms with E-state index in [0.29, 0.717) is 24.7 Å². The van der Waals surface area contributed by atoms with Gasteiger partial charge >= 0.3 is 0 Å². The third-order valence-electron chi connectivity index (χ3n) is 2.22. The highest BCUT2D eigenvalue weighted by molar-refractivity contribution is 5.63. The van der Waals surface area contributed by atoms with Crippen LogP contribution in [0.15, 0.2) is 12.3 Å². The number of hydrogen-bond acceptors (Lipinski definition) is 4. The molecular weight excluding hydrogens is 185 g/mol. The Balaban J connectivity index is 2.24. The summed E-state index contributed by atoms with van der Waals surface area (Å²) in [5.74, 6) is 0.00833. The van der Waals surface area contributed by atoms with E-state index in [1.165, 1.54) is 6.07 Å². The highest BCUT2D eigenvalue weighted by Gasteiger charge is 2.14. The van der Waals surface area contributed by atoms with Gasteiger partial charge in [-0.25, -0.2) is 9.37 Å². The predicted molar refractivity (Wildman–Crippen MR) is 51.6 cm³/mol. The maximum absolute atomic E-state index is 12.9. The molecule has 1 aliphatic heterocycles. The number of hydrogen-bond donors (Lipinski definition) is 1. The zero-order chi connectivity index (χ0) is 9.97. The van der Waals surface area contributed by atoms with Crippen molar-refractivity contribution in [2.45, 2.75) is 0 Å². The number of nitrogen functional groups attached to an aromatic ring is 1. The van der Waals surface area contributed by atoms with Gasteiger partial charge in [0.05, 0.1) is 25.1 Å². The second kappa shape index (κ2) is 3.79. The number of aromatic nitrogens is 1. The second-order valence-corrected chi connectivity index (χ2v) is 3.16. The second-order valence-electron chi connectivity index (χ2n) is 3.16. The van der Waals surface area contributed by atoms with Crippen molar-refractivity contribution in [1.29, 1.82) is 0 Å². The van der Waals surface area contributed by atoms with Crippen LogP contribution < -0.4 is 10.6 Å². The minimum atomic E-state index is -0.360. The van der Waals surface area contributed by atoms with Gasteiger partial charge in [-0.3, -0.25) is 0 Å². The Morgan fingerprint density at radius 3 is 2.86 bits per heavy atom. The number of morpholine rings is 1. The summed E-state index contributed by atoms with van der Waals surface area (Å²) in [7, 11) is 0. The van der Waals surface area contributed by atoms with Crippen LogP contribution in [0, 0.1) is 5.82 Å². The molecule has 2 N–H and O–H groups in total. The van der Waals surface area contributed by atoms with Crippen LogP contribution in [0.3, 0.4) is 0 Å². The molecule has 1 aliphatic rings. The summed E-state index contributed by atoms with van der Waals surface area (Å²) in [6, 6.07) is 1.41. The Labute approximate surface area is 81.5 Å². The molecule has 1 aromatic heterocycles. The average Bonchev–Trinajstić information content (AvgIpc) is 2.23. The van der Waals surface area contributed by atoms with Crippen LogP contribution in [0.25, 0.3) is 0 Å². The van der Waals surface area contributed by atoms with Crippen molar-refractivity contribution < 1.29 is 9.13 Å². The van der Waals surface area contributed by atoms with E-state index in [-0.39, 0.29) is 5.82 Å². The van der Waals surface area contributed by atoms with Crippen LogP contribution in [-0.2, 0) is 4.74 Å². The molecule has 0 spiro atoms. The summed E-state index contributed by atoms with van der Waals surface area (Å²) in [6.45, 7) is 2.76. The molecule has 0 aliphatic carbocycles. The van der Waals surface area contributed by atoms with Crippen LogP contribution in [0.1, 0.15) is 0 Å². The summed E-state index contributed by atoms with van der Waals surface area (Å²) in [5.41, 5.74) is 6.32. The number of ether oxygens (including phenoxy) is 1. The lowest BCUT2D eigenvalue weighted by Crippen LogP contribution is -2.36. The van der Waals surface area contributed by atoms with Crippen LogP contribution >= 0.6 is 0 Å². The Bertz CT molecular complexity index is 326. The van der Waals surface area contributed by atoms with E-state index < -0.39 is 0 Å². The molecule has 5 heteroatoms. The van der Waals surface area contributed by atoms with Gasteiger partial charge in [0.1, 0.15) is 11.6 Å². The lowest BCUT2D eigenvalue weighted by Gasteiger charge is -2.29. The first-order valence-corrected chi connectivity index (χ1v) is 4.51. The molecule has 0 amide bonds. The minimum Gasteiger partial charge on any atom is -0.382 e. The number of nitrogens with zero attached hydrogens (tertiary/aromatic N) is 2. The number of halogens is 1. The van der Waals surface area contributed by atoms with Gasteiger partial charge in [-0.1, -0.05) is 0 Å². The maximum atomic E-state index is 12.9. The lowest BCUT2D eigenvalue weighted by atomic mass is 10.3. The molecule has 0 bridgehead atoms. The first-order chi connectivity index (χ1) is 6.77. The molecule has 0 atom stereocenters. The van der Waals surface area contributed by atoms with Gasteiger partial charge in [-0.05, 0) is 0 Å². The number of rotatable bonds is 1. The van der Waals surface area contributed by atoms with Crippen LogP contribution in [0.2, 0.25) is 0 Å². The van der Waals surface area contributed by atoms with Crippen molar-refractivity contribution >= 4 is 11.5 Å². The summed E-state index contributed by atoms with van der Waals surface area (Å²) in [5, 5.41) is 0. The first kappa shape index (κ1) is 9.21. The van der Waals surface area contributed by atoms with E-state index in [1.807, 2.05) is 4.90 Å². The molecule has 0 saturated carbocycles. The number of anilines is 2. The Kier molecular flexibility index (Phi) is 2.49. The van der Waals surface area contributed by atoms with Crippen LogP contribution in [0.5, 0.6) is 0 Å². The fourth-order valence-corrected chi connectivity index (χ4v) is 1.50. The molecule has 2 rings (SSSR count). The highest BCUT2D eigenvalue weighted by Crippen LogP contribution is 2.22. The van der Waals surface area contributed by atoms with Gasteiger partial charge < -0.3 is 15.4 Å². The molecule has 1 fully saturated rings. The predicted octanol–water partition coefficient (Wildman–Crippen LogP) is 0.639. The molecule has 1 saturated heterocycles. The largest absolute Gasteiger partial charge is 0.382 e. The van der Waals surface area contributed by atoms with Crippen LogP contribution in [0.4, 0.5) is 15.9 Å². The summed E-state index contributed by atoms with van der Waals surface area (Å²) in [6.07, 6.45) is 1.12. The topological polar surface area (TPSA) is 51.4 Å². The zero-order valence-corrected chi connectivity index (χ0v) is 7.74. The van der Waals surface area contributed by atoms with Gasteiger partial charge in [0.2, 0.25) is 0 Å². The van der Waals surface area contributed by atoms with E-state index in [4.69, 9.17) is 10.5 Å². The quantitative estimate of drug-likeness (QED) is 0.717. The molecule has 76 valence electrons. The van der Waals surface area contributed by atoms with Crippen molar-refractivity contribution in [2.24, 2.45) is 0 Å². The monoisotopic (exact) mass is 197 g/mol. The van der Waals surface area contributed by atoms with E-state index >= 15 is 0 Å².